The molecule has 180 valence electrons. The summed E-state index contributed by atoms with van der Waals surface area (Å²) in [6.07, 6.45) is 19.3. The van der Waals surface area contributed by atoms with E-state index in [2.05, 4.69) is 41.5 Å². The number of hydrogen-bond acceptors (Lipinski definition) is 1. The molecular formula is C30H54O. The molecule has 0 N–H and O–H groups in total. The summed E-state index contributed by atoms with van der Waals surface area (Å²) >= 11 is 0. The van der Waals surface area contributed by atoms with Crippen LogP contribution in [0.25, 0.3) is 0 Å². The Morgan fingerprint density at radius 3 is 2.32 bits per heavy atom. The van der Waals surface area contributed by atoms with Crippen molar-refractivity contribution in [2.24, 2.45) is 52.3 Å². The predicted octanol–water partition coefficient (Wildman–Crippen LogP) is 8.90. The summed E-state index contributed by atoms with van der Waals surface area (Å²) in [5.41, 5.74) is 1.25. The standard InChI is InChI=1S/C30H54O/c1-7-19-31-24-15-17-29(5)23(20-24)11-12-25-27-14-13-26(22(4)10-8-9-21(2)3)30(27,6)18-16-28(25)29/h21-28H,7-20H2,1-6H3/t22?,23?,24?,25?,26-,27?,28?,29+,30-/m1/s1. The van der Waals surface area contributed by atoms with Crippen LogP contribution in [-0.2, 0) is 4.74 Å². The molecule has 0 saturated heterocycles. The predicted molar refractivity (Wildman–Crippen MR) is 133 cm³/mol. The molecule has 0 aliphatic heterocycles. The molecule has 0 aromatic heterocycles. The maximum Gasteiger partial charge on any atom is 0.0578 e. The second kappa shape index (κ2) is 9.68. The summed E-state index contributed by atoms with van der Waals surface area (Å²) in [4.78, 5) is 0. The van der Waals surface area contributed by atoms with Crippen LogP contribution < -0.4 is 0 Å². The Hall–Kier alpha value is -0.0400. The molecule has 0 radical (unpaired) electrons. The van der Waals surface area contributed by atoms with Crippen LogP contribution in [0.5, 0.6) is 0 Å². The van der Waals surface area contributed by atoms with Crippen LogP contribution in [0.4, 0.5) is 0 Å². The Bertz CT molecular complexity index is 583. The van der Waals surface area contributed by atoms with Crippen molar-refractivity contribution in [2.45, 2.75) is 131 Å². The molecule has 0 aromatic carbocycles. The lowest BCUT2D eigenvalue weighted by Gasteiger charge is -2.61. The zero-order valence-corrected chi connectivity index (χ0v) is 21.9. The third-order valence-corrected chi connectivity index (χ3v) is 11.4. The summed E-state index contributed by atoms with van der Waals surface area (Å²) in [5.74, 6) is 6.79. The SMILES string of the molecule is CCCOC1CC[C@@]2(C)C(CCC3C2CC[C@@]2(C)C3CC[C@@H]2C(C)CCCC(C)C)C1. The highest BCUT2D eigenvalue weighted by atomic mass is 16.5. The van der Waals surface area contributed by atoms with Crippen molar-refractivity contribution < 1.29 is 4.74 Å². The zero-order valence-electron chi connectivity index (χ0n) is 21.9. The molecule has 4 fully saturated rings. The molecule has 1 heteroatoms. The molecule has 0 heterocycles. The van der Waals surface area contributed by atoms with E-state index in [1.807, 2.05) is 0 Å². The summed E-state index contributed by atoms with van der Waals surface area (Å²) in [7, 11) is 0. The van der Waals surface area contributed by atoms with E-state index < -0.39 is 0 Å². The summed E-state index contributed by atoms with van der Waals surface area (Å²) < 4.78 is 6.23. The fourth-order valence-electron chi connectivity index (χ4n) is 9.68. The van der Waals surface area contributed by atoms with E-state index in [0.717, 1.165) is 48.0 Å². The van der Waals surface area contributed by atoms with E-state index in [0.29, 0.717) is 16.9 Å². The van der Waals surface area contributed by atoms with Gasteiger partial charge in [0.2, 0.25) is 0 Å². The van der Waals surface area contributed by atoms with E-state index >= 15 is 0 Å². The van der Waals surface area contributed by atoms with Gasteiger partial charge in [-0.15, -0.1) is 0 Å². The van der Waals surface area contributed by atoms with Crippen molar-refractivity contribution in [1.29, 1.82) is 0 Å². The molecule has 4 saturated carbocycles. The monoisotopic (exact) mass is 430 g/mol. The topological polar surface area (TPSA) is 9.23 Å². The fraction of sp³-hybridized carbons (Fsp3) is 1.00. The van der Waals surface area contributed by atoms with Gasteiger partial charge in [0, 0.05) is 6.61 Å². The Balaban J connectivity index is 1.41. The third kappa shape index (κ3) is 4.52. The minimum absolute atomic E-state index is 0.561. The molecule has 0 bridgehead atoms. The number of rotatable bonds is 8. The van der Waals surface area contributed by atoms with Crippen LogP contribution in [0.1, 0.15) is 125 Å². The van der Waals surface area contributed by atoms with Gasteiger partial charge in [-0.25, -0.2) is 0 Å². The summed E-state index contributed by atoms with van der Waals surface area (Å²) in [6.45, 7) is 16.1. The molecule has 6 unspecified atom stereocenters. The van der Waals surface area contributed by atoms with Gasteiger partial charge in [-0.05, 0) is 116 Å². The van der Waals surface area contributed by atoms with Crippen molar-refractivity contribution >= 4 is 0 Å². The average molecular weight is 431 g/mol. The van der Waals surface area contributed by atoms with Gasteiger partial charge in [0.1, 0.15) is 0 Å². The molecule has 9 atom stereocenters. The number of hydrogen-bond donors (Lipinski definition) is 0. The van der Waals surface area contributed by atoms with Gasteiger partial charge in [-0.2, -0.15) is 0 Å². The summed E-state index contributed by atoms with van der Waals surface area (Å²) in [5, 5.41) is 0. The molecule has 0 amide bonds. The average Bonchev–Trinajstić information content (AvgIpc) is 3.09. The van der Waals surface area contributed by atoms with Crippen LogP contribution in [-0.4, -0.2) is 12.7 Å². The lowest BCUT2D eigenvalue weighted by Crippen LogP contribution is -2.54. The van der Waals surface area contributed by atoms with Crippen LogP contribution in [0.15, 0.2) is 0 Å². The molecule has 0 aromatic rings. The van der Waals surface area contributed by atoms with E-state index in [1.54, 1.807) is 6.42 Å². The molecule has 0 spiro atoms. The largest absolute Gasteiger partial charge is 0.378 e. The van der Waals surface area contributed by atoms with Crippen molar-refractivity contribution in [3.05, 3.63) is 0 Å². The highest BCUT2D eigenvalue weighted by molar-refractivity contribution is 5.09. The lowest BCUT2D eigenvalue weighted by molar-refractivity contribution is -0.136. The zero-order chi connectivity index (χ0) is 22.2. The van der Waals surface area contributed by atoms with Crippen LogP contribution in [0, 0.1) is 52.3 Å². The minimum Gasteiger partial charge on any atom is -0.378 e. The quantitative estimate of drug-likeness (QED) is 0.373. The first-order valence-corrected chi connectivity index (χ1v) is 14.4. The smallest absolute Gasteiger partial charge is 0.0578 e. The fourth-order valence-corrected chi connectivity index (χ4v) is 9.68. The molecular weight excluding hydrogens is 376 g/mol. The van der Waals surface area contributed by atoms with Crippen LogP contribution >= 0.6 is 0 Å². The van der Waals surface area contributed by atoms with Gasteiger partial charge < -0.3 is 4.74 Å². The van der Waals surface area contributed by atoms with E-state index in [4.69, 9.17) is 4.74 Å². The van der Waals surface area contributed by atoms with Gasteiger partial charge in [0.25, 0.3) is 0 Å². The van der Waals surface area contributed by atoms with Crippen LogP contribution in [0.3, 0.4) is 0 Å². The molecule has 4 aliphatic rings. The van der Waals surface area contributed by atoms with Gasteiger partial charge in [-0.1, -0.05) is 60.8 Å². The third-order valence-electron chi connectivity index (χ3n) is 11.4. The highest BCUT2D eigenvalue weighted by Crippen LogP contribution is 2.68. The number of fused-ring (bicyclic) bond motifs is 5. The van der Waals surface area contributed by atoms with Crippen molar-refractivity contribution in [1.82, 2.24) is 0 Å². The van der Waals surface area contributed by atoms with Crippen LogP contribution in [0.2, 0.25) is 0 Å². The normalized spacial score (nSPS) is 45.8. The van der Waals surface area contributed by atoms with E-state index in [1.165, 1.54) is 77.0 Å². The molecule has 31 heavy (non-hydrogen) atoms. The van der Waals surface area contributed by atoms with Gasteiger partial charge in [-0.3, -0.25) is 0 Å². The maximum atomic E-state index is 6.23. The highest BCUT2D eigenvalue weighted by Gasteiger charge is 2.60. The van der Waals surface area contributed by atoms with Crippen molar-refractivity contribution in [3.63, 3.8) is 0 Å². The number of ether oxygens (including phenoxy) is 1. The lowest BCUT2D eigenvalue weighted by atomic mass is 9.44. The Morgan fingerprint density at radius 1 is 0.839 bits per heavy atom. The molecule has 4 aliphatic carbocycles. The van der Waals surface area contributed by atoms with E-state index in [9.17, 15) is 0 Å². The summed E-state index contributed by atoms with van der Waals surface area (Å²) in [6, 6.07) is 0. The maximum absolute atomic E-state index is 6.23. The Kier molecular flexibility index (Phi) is 7.52. The molecule has 4 rings (SSSR count). The first-order chi connectivity index (χ1) is 14.8. The minimum atomic E-state index is 0.561. The van der Waals surface area contributed by atoms with Gasteiger partial charge in [0.05, 0.1) is 6.10 Å². The van der Waals surface area contributed by atoms with Gasteiger partial charge >= 0.3 is 0 Å². The first kappa shape index (κ1) is 24.1. The second-order valence-corrected chi connectivity index (χ2v) is 13.5. The Labute approximate surface area is 194 Å². The first-order valence-electron chi connectivity index (χ1n) is 14.4. The Morgan fingerprint density at radius 2 is 1.58 bits per heavy atom. The van der Waals surface area contributed by atoms with Crippen molar-refractivity contribution in [2.75, 3.05) is 6.61 Å². The van der Waals surface area contributed by atoms with E-state index in [-0.39, 0.29) is 0 Å². The van der Waals surface area contributed by atoms with Gasteiger partial charge in [0.15, 0.2) is 0 Å². The molecule has 1 nitrogen and oxygen atoms in total. The van der Waals surface area contributed by atoms with Crippen molar-refractivity contribution in [3.8, 4) is 0 Å². The second-order valence-electron chi connectivity index (χ2n) is 13.5.